The van der Waals surface area contributed by atoms with Crippen LogP contribution in [0.5, 0.6) is 11.5 Å². The molecule has 0 radical (unpaired) electrons. The second-order valence-corrected chi connectivity index (χ2v) is 6.87. The number of thioether (sulfide) groups is 1. The first kappa shape index (κ1) is 17.4. The maximum Gasteiger partial charge on any atom is 0.145 e. The zero-order valence-electron chi connectivity index (χ0n) is 14.6. The molecule has 130 valence electrons. The molecule has 0 saturated carbocycles. The highest BCUT2D eigenvalue weighted by molar-refractivity contribution is 7.98. The smallest absolute Gasteiger partial charge is 0.145 e. The zero-order chi connectivity index (χ0) is 17.8. The van der Waals surface area contributed by atoms with Gasteiger partial charge in [-0.3, -0.25) is 0 Å². The zero-order valence-corrected chi connectivity index (χ0v) is 15.5. The van der Waals surface area contributed by atoms with Crippen molar-refractivity contribution < 1.29 is 4.74 Å². The molecule has 1 heterocycles. The molecule has 0 spiro atoms. The molecule has 0 saturated heterocycles. The van der Waals surface area contributed by atoms with E-state index in [9.17, 15) is 0 Å². The van der Waals surface area contributed by atoms with Gasteiger partial charge in [0.25, 0.3) is 0 Å². The van der Waals surface area contributed by atoms with E-state index in [1.807, 2.05) is 44.6 Å². The van der Waals surface area contributed by atoms with Crippen LogP contribution in [0, 0.1) is 0 Å². The molecule has 0 aliphatic rings. The van der Waals surface area contributed by atoms with Gasteiger partial charge in [-0.05, 0) is 62.8 Å². The van der Waals surface area contributed by atoms with Crippen molar-refractivity contribution in [2.75, 3.05) is 26.1 Å². The van der Waals surface area contributed by atoms with Crippen molar-refractivity contribution in [2.45, 2.75) is 11.4 Å². The van der Waals surface area contributed by atoms with E-state index in [4.69, 9.17) is 10.5 Å². The van der Waals surface area contributed by atoms with E-state index in [-0.39, 0.29) is 0 Å². The molecule has 0 aliphatic carbocycles. The molecule has 3 aromatic rings. The van der Waals surface area contributed by atoms with Crippen molar-refractivity contribution >= 4 is 17.6 Å². The maximum atomic E-state index is 6.12. The number of hydrogen-bond donors (Lipinski definition) is 1. The molecular weight excluding hydrogens is 332 g/mol. The highest BCUT2D eigenvalue weighted by Gasteiger charge is 2.10. The van der Waals surface area contributed by atoms with E-state index in [1.54, 1.807) is 22.5 Å². The molecule has 3 rings (SSSR count). The number of nitrogens with zero attached hydrogens (tertiary/aromatic N) is 3. The molecule has 2 aromatic carbocycles. The highest BCUT2D eigenvalue weighted by Crippen LogP contribution is 2.29. The number of hydrogen-bond acceptors (Lipinski definition) is 5. The van der Waals surface area contributed by atoms with Gasteiger partial charge in [-0.15, -0.1) is 11.8 Å². The van der Waals surface area contributed by atoms with Crippen LogP contribution < -0.4 is 10.5 Å². The van der Waals surface area contributed by atoms with E-state index in [1.165, 1.54) is 4.90 Å². The van der Waals surface area contributed by atoms with Crippen LogP contribution in [0.15, 0.2) is 59.6 Å². The minimum Gasteiger partial charge on any atom is -0.457 e. The monoisotopic (exact) mass is 354 g/mol. The van der Waals surface area contributed by atoms with Gasteiger partial charge in [0, 0.05) is 29.3 Å². The molecule has 1 aromatic heterocycles. The predicted octanol–water partition coefficient (Wildman–Crippen LogP) is 4.03. The molecular formula is C19H22N4OS. The molecule has 0 aliphatic heterocycles. The van der Waals surface area contributed by atoms with Gasteiger partial charge in [0.05, 0.1) is 5.69 Å². The van der Waals surface area contributed by atoms with E-state index < -0.39 is 0 Å². The van der Waals surface area contributed by atoms with Crippen LogP contribution in [0.4, 0.5) is 5.82 Å². The van der Waals surface area contributed by atoms with Gasteiger partial charge in [-0.1, -0.05) is 0 Å². The Labute approximate surface area is 152 Å². The van der Waals surface area contributed by atoms with Gasteiger partial charge in [0.15, 0.2) is 0 Å². The summed E-state index contributed by atoms with van der Waals surface area (Å²) in [6.45, 7) is 0.767. The van der Waals surface area contributed by atoms with Gasteiger partial charge >= 0.3 is 0 Å². The number of nitrogens with two attached hydrogens (primary N) is 1. The van der Waals surface area contributed by atoms with Crippen LogP contribution in [0.1, 0.15) is 5.56 Å². The summed E-state index contributed by atoms with van der Waals surface area (Å²) in [5.41, 5.74) is 7.77. The predicted molar refractivity (Wildman–Crippen MR) is 104 cm³/mol. The third-order valence-electron chi connectivity index (χ3n) is 3.69. The first-order valence-electron chi connectivity index (χ1n) is 7.96. The second-order valence-electron chi connectivity index (χ2n) is 5.99. The van der Waals surface area contributed by atoms with E-state index >= 15 is 0 Å². The fourth-order valence-corrected chi connectivity index (χ4v) is 2.93. The Morgan fingerprint density at radius 3 is 2.48 bits per heavy atom. The normalized spacial score (nSPS) is 11.0. The summed E-state index contributed by atoms with van der Waals surface area (Å²) in [6.07, 6.45) is 3.91. The van der Waals surface area contributed by atoms with E-state index in [2.05, 4.69) is 34.5 Å². The summed E-state index contributed by atoms with van der Waals surface area (Å²) in [5.74, 6) is 2.17. The van der Waals surface area contributed by atoms with Crippen molar-refractivity contribution in [2.24, 2.45) is 0 Å². The largest absolute Gasteiger partial charge is 0.457 e. The van der Waals surface area contributed by atoms with Crippen LogP contribution in [0.2, 0.25) is 0 Å². The van der Waals surface area contributed by atoms with Crippen molar-refractivity contribution in [1.82, 2.24) is 14.7 Å². The van der Waals surface area contributed by atoms with Crippen LogP contribution in [0.25, 0.3) is 5.69 Å². The van der Waals surface area contributed by atoms with Crippen molar-refractivity contribution in [3.63, 3.8) is 0 Å². The third kappa shape index (κ3) is 4.35. The Morgan fingerprint density at radius 2 is 1.88 bits per heavy atom. The van der Waals surface area contributed by atoms with Gasteiger partial charge < -0.3 is 15.4 Å². The average molecular weight is 354 g/mol. The summed E-state index contributed by atoms with van der Waals surface area (Å²) in [6, 6.07) is 15.9. The SMILES string of the molecule is CSc1ccc(Oc2ccc(-n3ccc(N)n3)cc2CN(C)C)cc1. The molecule has 6 heteroatoms. The number of rotatable bonds is 6. The number of ether oxygens (including phenoxy) is 1. The van der Waals surface area contributed by atoms with Crippen molar-refractivity contribution in [3.8, 4) is 17.2 Å². The van der Waals surface area contributed by atoms with E-state index in [0.29, 0.717) is 5.82 Å². The van der Waals surface area contributed by atoms with Crippen molar-refractivity contribution in [1.29, 1.82) is 0 Å². The lowest BCUT2D eigenvalue weighted by molar-refractivity contribution is 0.388. The standard InChI is InChI=1S/C19H22N4OS/c1-22(2)13-14-12-15(23-11-10-19(20)21-23)4-9-18(14)24-16-5-7-17(25-3)8-6-16/h4-12H,13H2,1-3H3,(H2,20,21). The second kappa shape index (κ2) is 7.63. The van der Waals surface area contributed by atoms with Crippen LogP contribution >= 0.6 is 11.8 Å². The molecule has 0 atom stereocenters. The molecule has 5 nitrogen and oxygen atoms in total. The van der Waals surface area contributed by atoms with E-state index in [0.717, 1.165) is 29.3 Å². The number of aromatic nitrogens is 2. The highest BCUT2D eigenvalue weighted by atomic mass is 32.2. The summed E-state index contributed by atoms with van der Waals surface area (Å²) < 4.78 is 7.89. The Balaban J connectivity index is 1.91. The van der Waals surface area contributed by atoms with Crippen LogP contribution in [0.3, 0.4) is 0 Å². The first-order chi connectivity index (χ1) is 12.0. The number of anilines is 1. The van der Waals surface area contributed by atoms with Crippen LogP contribution in [-0.2, 0) is 6.54 Å². The number of benzene rings is 2. The molecule has 0 bridgehead atoms. The topological polar surface area (TPSA) is 56.3 Å². The summed E-state index contributed by atoms with van der Waals surface area (Å²) in [7, 11) is 4.07. The van der Waals surface area contributed by atoms with Crippen molar-refractivity contribution in [3.05, 3.63) is 60.3 Å². The molecule has 2 N–H and O–H groups in total. The lowest BCUT2D eigenvalue weighted by atomic mass is 10.1. The summed E-state index contributed by atoms with van der Waals surface area (Å²) in [4.78, 5) is 3.33. The van der Waals surface area contributed by atoms with Gasteiger partial charge in [0.2, 0.25) is 0 Å². The Kier molecular flexibility index (Phi) is 5.31. The Hall–Kier alpha value is -2.44. The fourth-order valence-electron chi connectivity index (χ4n) is 2.52. The minimum atomic E-state index is 0.503. The molecule has 0 fully saturated rings. The Morgan fingerprint density at radius 1 is 1.12 bits per heavy atom. The fraction of sp³-hybridized carbons (Fsp3) is 0.211. The van der Waals surface area contributed by atoms with Gasteiger partial charge in [-0.25, -0.2) is 4.68 Å². The minimum absolute atomic E-state index is 0.503. The molecule has 0 unspecified atom stereocenters. The Bertz CT molecular complexity index is 843. The summed E-state index contributed by atoms with van der Waals surface area (Å²) >= 11 is 1.71. The number of nitrogen functional groups attached to an aromatic ring is 1. The summed E-state index contributed by atoms with van der Waals surface area (Å²) in [5, 5.41) is 4.27. The quantitative estimate of drug-likeness (QED) is 0.677. The van der Waals surface area contributed by atoms with Gasteiger partial charge in [0.1, 0.15) is 17.3 Å². The lowest BCUT2D eigenvalue weighted by Crippen LogP contribution is -2.12. The average Bonchev–Trinajstić information content (AvgIpc) is 3.03. The first-order valence-corrected chi connectivity index (χ1v) is 9.19. The lowest BCUT2D eigenvalue weighted by Gasteiger charge is -2.16. The van der Waals surface area contributed by atoms with Crippen LogP contribution in [-0.4, -0.2) is 35.0 Å². The third-order valence-corrected chi connectivity index (χ3v) is 4.44. The molecule has 0 amide bonds. The maximum absolute atomic E-state index is 6.12. The van der Waals surface area contributed by atoms with Gasteiger partial charge in [-0.2, -0.15) is 5.10 Å². The molecule has 25 heavy (non-hydrogen) atoms.